The molecular formula is C25H37N5O2. The van der Waals surface area contributed by atoms with Crippen LogP contribution in [-0.4, -0.2) is 48.9 Å². The lowest BCUT2D eigenvalue weighted by Crippen LogP contribution is -2.41. The number of aliphatic imine (C=N–C) groups is 1. The van der Waals surface area contributed by atoms with Crippen molar-refractivity contribution in [1.29, 1.82) is 0 Å². The average Bonchev–Trinajstić information content (AvgIpc) is 2.76. The van der Waals surface area contributed by atoms with Crippen LogP contribution < -0.4 is 20.3 Å². The largest absolute Gasteiger partial charge is 0.488 e. The number of guanidine groups is 1. The third kappa shape index (κ3) is 7.41. The molecule has 0 saturated carbocycles. The molecule has 1 aromatic carbocycles. The van der Waals surface area contributed by atoms with E-state index >= 15 is 0 Å². The van der Waals surface area contributed by atoms with Crippen LogP contribution in [0.3, 0.4) is 0 Å². The first-order chi connectivity index (χ1) is 15.3. The van der Waals surface area contributed by atoms with E-state index < -0.39 is 0 Å². The predicted octanol–water partition coefficient (Wildman–Crippen LogP) is 3.74. The van der Waals surface area contributed by atoms with Crippen molar-refractivity contribution in [3.63, 3.8) is 0 Å². The van der Waals surface area contributed by atoms with Gasteiger partial charge in [0.2, 0.25) is 0 Å². The summed E-state index contributed by atoms with van der Waals surface area (Å²) < 4.78 is 11.8. The number of nitrogens with zero attached hydrogens (tertiary/aromatic N) is 3. The number of benzene rings is 1. The molecule has 1 unspecified atom stereocenters. The third-order valence-corrected chi connectivity index (χ3v) is 4.97. The van der Waals surface area contributed by atoms with Crippen LogP contribution in [0, 0.1) is 0 Å². The highest BCUT2D eigenvalue weighted by Gasteiger charge is 2.18. The zero-order valence-electron chi connectivity index (χ0n) is 20.0. The third-order valence-electron chi connectivity index (χ3n) is 4.97. The zero-order valence-corrected chi connectivity index (χ0v) is 20.0. The van der Waals surface area contributed by atoms with Crippen LogP contribution >= 0.6 is 0 Å². The summed E-state index contributed by atoms with van der Waals surface area (Å²) in [4.78, 5) is 11.6. The molecule has 1 fully saturated rings. The highest BCUT2D eigenvalue weighted by atomic mass is 16.5. The number of para-hydroxylation sites is 1. The van der Waals surface area contributed by atoms with Crippen molar-refractivity contribution < 1.29 is 9.47 Å². The maximum Gasteiger partial charge on any atom is 0.191 e. The minimum Gasteiger partial charge on any atom is -0.488 e. The number of hydrogen-bond donors (Lipinski definition) is 2. The minimum atomic E-state index is -0.244. The van der Waals surface area contributed by atoms with Crippen LogP contribution in [0.5, 0.6) is 5.75 Å². The first kappa shape index (κ1) is 23.9. The highest BCUT2D eigenvalue weighted by molar-refractivity contribution is 5.79. The molecule has 0 aliphatic carbocycles. The van der Waals surface area contributed by atoms with Crippen LogP contribution in [0.4, 0.5) is 5.82 Å². The molecule has 1 aromatic heterocycles. The van der Waals surface area contributed by atoms with E-state index in [4.69, 9.17) is 14.5 Å². The van der Waals surface area contributed by atoms with Crippen LogP contribution in [0.25, 0.3) is 0 Å². The number of nitrogens with one attached hydrogen (secondary N) is 2. The van der Waals surface area contributed by atoms with Gasteiger partial charge in [-0.3, -0.25) is 0 Å². The zero-order chi connectivity index (χ0) is 23.0. The van der Waals surface area contributed by atoms with Crippen molar-refractivity contribution in [3.8, 4) is 5.75 Å². The van der Waals surface area contributed by atoms with E-state index in [0.29, 0.717) is 13.1 Å². The topological polar surface area (TPSA) is 71.0 Å². The number of anilines is 1. The summed E-state index contributed by atoms with van der Waals surface area (Å²) in [5, 5.41) is 6.76. The van der Waals surface area contributed by atoms with Gasteiger partial charge in [-0.25, -0.2) is 9.98 Å². The van der Waals surface area contributed by atoms with Gasteiger partial charge in [0.15, 0.2) is 5.96 Å². The molecule has 7 nitrogen and oxygen atoms in total. The van der Waals surface area contributed by atoms with Gasteiger partial charge >= 0.3 is 0 Å². The smallest absolute Gasteiger partial charge is 0.191 e. The minimum absolute atomic E-state index is 0.224. The molecule has 1 aliphatic heterocycles. The van der Waals surface area contributed by atoms with Crippen molar-refractivity contribution in [2.45, 2.75) is 59.4 Å². The van der Waals surface area contributed by atoms with E-state index in [2.05, 4.69) is 67.3 Å². The van der Waals surface area contributed by atoms with Crippen molar-refractivity contribution in [1.82, 2.24) is 15.6 Å². The highest BCUT2D eigenvalue weighted by Crippen LogP contribution is 2.23. The maximum absolute atomic E-state index is 6.11. The summed E-state index contributed by atoms with van der Waals surface area (Å²) in [5.41, 5.74) is 1.98. The van der Waals surface area contributed by atoms with Gasteiger partial charge < -0.3 is 25.0 Å². The Bertz CT molecular complexity index is 894. The Morgan fingerprint density at radius 1 is 1.25 bits per heavy atom. The van der Waals surface area contributed by atoms with Gasteiger partial charge in [0.25, 0.3) is 0 Å². The Kier molecular flexibility index (Phi) is 8.33. The number of morpholine rings is 1. The fraction of sp³-hybridized carbons (Fsp3) is 0.520. The summed E-state index contributed by atoms with van der Waals surface area (Å²) in [5.74, 6) is 2.65. The first-order valence-electron chi connectivity index (χ1n) is 11.4. The molecular weight excluding hydrogens is 402 g/mol. The molecule has 7 heteroatoms. The Hall–Kier alpha value is -2.80. The second kappa shape index (κ2) is 11.2. The van der Waals surface area contributed by atoms with Crippen LogP contribution in [-0.2, 0) is 17.8 Å². The van der Waals surface area contributed by atoms with Gasteiger partial charge in [-0.05, 0) is 58.4 Å². The van der Waals surface area contributed by atoms with Crippen LogP contribution in [0.1, 0.15) is 45.7 Å². The van der Waals surface area contributed by atoms with E-state index in [1.807, 2.05) is 30.5 Å². The lowest BCUT2D eigenvalue weighted by molar-refractivity contribution is 0.0529. The van der Waals surface area contributed by atoms with Crippen LogP contribution in [0.2, 0.25) is 0 Å². The van der Waals surface area contributed by atoms with Gasteiger partial charge in [0, 0.05) is 37.9 Å². The van der Waals surface area contributed by atoms with E-state index in [0.717, 1.165) is 54.9 Å². The fourth-order valence-electron chi connectivity index (χ4n) is 3.53. The summed E-state index contributed by atoms with van der Waals surface area (Å²) in [6, 6.07) is 12.3. The molecule has 2 N–H and O–H groups in total. The normalized spacial score (nSPS) is 17.2. The lowest BCUT2D eigenvalue weighted by atomic mass is 10.1. The second-order valence-corrected chi connectivity index (χ2v) is 9.02. The second-order valence-electron chi connectivity index (χ2n) is 9.02. The molecule has 3 rings (SSSR count). The lowest BCUT2D eigenvalue weighted by Gasteiger charge is -2.32. The molecule has 1 atom stereocenters. The molecule has 0 spiro atoms. The number of pyridine rings is 1. The Morgan fingerprint density at radius 3 is 2.81 bits per heavy atom. The fourth-order valence-corrected chi connectivity index (χ4v) is 3.53. The molecule has 2 aromatic rings. The molecule has 32 heavy (non-hydrogen) atoms. The molecule has 1 saturated heterocycles. The summed E-state index contributed by atoms with van der Waals surface area (Å²) in [6.07, 6.45) is 2.09. The summed E-state index contributed by atoms with van der Waals surface area (Å²) in [7, 11) is 0. The van der Waals surface area contributed by atoms with Crippen molar-refractivity contribution in [2.75, 3.05) is 31.1 Å². The van der Waals surface area contributed by atoms with E-state index in [1.54, 1.807) is 0 Å². The molecule has 0 bridgehead atoms. The number of aromatic nitrogens is 1. The molecule has 2 heterocycles. The Balaban J connectivity index is 1.65. The van der Waals surface area contributed by atoms with E-state index in [-0.39, 0.29) is 11.7 Å². The predicted molar refractivity (Wildman–Crippen MR) is 130 cm³/mol. The molecule has 174 valence electrons. The maximum atomic E-state index is 6.11. The SMILES string of the molecule is CCNC(=NCc1ccnc(N2CCOC(C)C2)c1)NCc1ccccc1OC(C)(C)C. The molecule has 0 amide bonds. The monoisotopic (exact) mass is 439 g/mol. The summed E-state index contributed by atoms with van der Waals surface area (Å²) >= 11 is 0. The number of hydrogen-bond acceptors (Lipinski definition) is 5. The van der Waals surface area contributed by atoms with Gasteiger partial charge in [-0.2, -0.15) is 0 Å². The van der Waals surface area contributed by atoms with Gasteiger partial charge in [0.1, 0.15) is 17.2 Å². The van der Waals surface area contributed by atoms with Gasteiger partial charge in [-0.1, -0.05) is 18.2 Å². The average molecular weight is 440 g/mol. The Morgan fingerprint density at radius 2 is 2.06 bits per heavy atom. The quantitative estimate of drug-likeness (QED) is 0.506. The van der Waals surface area contributed by atoms with E-state index in [1.165, 1.54) is 0 Å². The number of ether oxygens (including phenoxy) is 2. The van der Waals surface area contributed by atoms with Gasteiger partial charge in [-0.15, -0.1) is 0 Å². The van der Waals surface area contributed by atoms with Crippen molar-refractivity contribution in [3.05, 3.63) is 53.7 Å². The van der Waals surface area contributed by atoms with Crippen molar-refractivity contribution >= 4 is 11.8 Å². The molecule has 1 aliphatic rings. The summed E-state index contributed by atoms with van der Waals surface area (Å²) in [6.45, 7) is 14.8. The standard InChI is InChI=1S/C25H37N5O2/c1-6-26-24(29-17-21-9-7-8-10-22(21)32-25(3,4)5)28-16-20-11-12-27-23(15-20)30-13-14-31-19(2)18-30/h7-12,15,19H,6,13-14,16-18H2,1-5H3,(H2,26,28,29). The van der Waals surface area contributed by atoms with Gasteiger partial charge in [0.05, 0.1) is 19.3 Å². The van der Waals surface area contributed by atoms with Crippen LogP contribution in [0.15, 0.2) is 47.6 Å². The first-order valence-corrected chi connectivity index (χ1v) is 11.4. The van der Waals surface area contributed by atoms with E-state index in [9.17, 15) is 0 Å². The molecule has 0 radical (unpaired) electrons. The number of rotatable bonds is 7. The Labute approximate surface area is 192 Å². The van der Waals surface area contributed by atoms with Crippen molar-refractivity contribution in [2.24, 2.45) is 4.99 Å².